The Bertz CT molecular complexity index is 990. The first-order chi connectivity index (χ1) is 12.4. The molecule has 2 aromatic carbocycles. The maximum absolute atomic E-state index is 6.22. The lowest BCUT2D eigenvalue weighted by atomic mass is 10.2. The van der Waals surface area contributed by atoms with Crippen molar-refractivity contribution in [2.24, 2.45) is 5.10 Å². The van der Waals surface area contributed by atoms with Crippen LogP contribution in [0.4, 0.5) is 5.69 Å². The topological polar surface area (TPSA) is 38.4 Å². The fourth-order valence-electron chi connectivity index (χ4n) is 2.33. The van der Waals surface area contributed by atoms with Crippen LogP contribution < -0.4 is 4.90 Å². The highest BCUT2D eigenvalue weighted by Crippen LogP contribution is 2.21. The Kier molecular flexibility index (Phi) is 5.76. The summed E-state index contributed by atoms with van der Waals surface area (Å²) in [5.41, 5.74) is 3.01. The van der Waals surface area contributed by atoms with Crippen LogP contribution in [-0.4, -0.2) is 34.8 Å². The minimum absolute atomic E-state index is 0.483. The van der Waals surface area contributed by atoms with Crippen LogP contribution in [0.1, 0.15) is 11.1 Å². The summed E-state index contributed by atoms with van der Waals surface area (Å²) in [6, 6.07) is 13.4. The Hall–Kier alpha value is -2.15. The molecule has 3 aromatic rings. The fraction of sp³-hybridized carbons (Fsp3) is 0.167. The van der Waals surface area contributed by atoms with Gasteiger partial charge in [-0.15, -0.1) is 9.89 Å². The van der Waals surface area contributed by atoms with Gasteiger partial charge in [0.1, 0.15) is 6.33 Å². The van der Waals surface area contributed by atoms with Crippen LogP contribution in [0.15, 0.2) is 53.9 Å². The van der Waals surface area contributed by atoms with Crippen LogP contribution in [0, 0.1) is 4.77 Å². The third-order valence-electron chi connectivity index (χ3n) is 3.80. The molecule has 0 radical (unpaired) electrons. The summed E-state index contributed by atoms with van der Waals surface area (Å²) in [4.78, 5) is 3.46. The first-order valence-electron chi connectivity index (χ1n) is 7.84. The molecule has 0 atom stereocenters. The van der Waals surface area contributed by atoms with Crippen molar-refractivity contribution in [2.75, 3.05) is 19.0 Å². The van der Waals surface area contributed by atoms with E-state index in [-0.39, 0.29) is 0 Å². The van der Waals surface area contributed by atoms with Crippen LogP contribution in [0.25, 0.3) is 0 Å². The second kappa shape index (κ2) is 8.03. The van der Waals surface area contributed by atoms with Gasteiger partial charge in [-0.05, 0) is 47.6 Å². The summed E-state index contributed by atoms with van der Waals surface area (Å²) in [5.74, 6) is 0. The average Bonchev–Trinajstić information content (AvgIpc) is 2.96. The summed E-state index contributed by atoms with van der Waals surface area (Å²) in [5, 5.41) is 9.75. The smallest absolute Gasteiger partial charge is 0.221 e. The molecule has 0 aliphatic heterocycles. The molecular weight excluding hydrogens is 389 g/mol. The van der Waals surface area contributed by atoms with Crippen LogP contribution >= 0.6 is 35.4 Å². The van der Waals surface area contributed by atoms with Gasteiger partial charge >= 0.3 is 0 Å². The Balaban J connectivity index is 1.77. The standard InChI is InChI=1S/C18H17Cl2N5S/c1-23(2)16-7-3-13(4-8-16)10-21-25-18(26)24(12-22-25)11-14-5-6-15(19)9-17(14)20/h3-10,12H,11H2,1-2H3/b21-10+. The Morgan fingerprint density at radius 3 is 2.54 bits per heavy atom. The second-order valence-corrected chi connectivity index (χ2v) is 7.11. The minimum atomic E-state index is 0.483. The first kappa shape index (κ1) is 18.6. The molecule has 1 heterocycles. The van der Waals surface area contributed by atoms with Crippen molar-refractivity contribution in [1.82, 2.24) is 14.5 Å². The predicted molar refractivity (Wildman–Crippen MR) is 110 cm³/mol. The van der Waals surface area contributed by atoms with Crippen molar-refractivity contribution in [1.29, 1.82) is 0 Å². The first-order valence-corrected chi connectivity index (χ1v) is 9.00. The maximum atomic E-state index is 6.22. The summed E-state index contributed by atoms with van der Waals surface area (Å²) in [7, 11) is 4.00. The molecule has 8 heteroatoms. The predicted octanol–water partition coefficient (Wildman–Crippen LogP) is 4.72. The van der Waals surface area contributed by atoms with Gasteiger partial charge in [0.25, 0.3) is 0 Å². The molecule has 0 amide bonds. The van der Waals surface area contributed by atoms with E-state index in [4.69, 9.17) is 35.4 Å². The zero-order valence-electron chi connectivity index (χ0n) is 14.3. The normalized spacial score (nSPS) is 11.2. The largest absolute Gasteiger partial charge is 0.378 e. The molecule has 0 bridgehead atoms. The van der Waals surface area contributed by atoms with Crippen LogP contribution in [0.3, 0.4) is 0 Å². The van der Waals surface area contributed by atoms with Gasteiger partial charge in [-0.25, -0.2) is 0 Å². The Labute approximate surface area is 167 Å². The number of anilines is 1. The molecule has 0 saturated carbocycles. The number of benzene rings is 2. The number of nitrogens with zero attached hydrogens (tertiary/aromatic N) is 5. The molecule has 0 unspecified atom stereocenters. The highest BCUT2D eigenvalue weighted by molar-refractivity contribution is 7.71. The van der Waals surface area contributed by atoms with E-state index in [0.29, 0.717) is 21.4 Å². The molecule has 0 spiro atoms. The number of hydrogen-bond acceptors (Lipinski definition) is 4. The van der Waals surface area contributed by atoms with E-state index in [1.165, 1.54) is 4.79 Å². The molecule has 0 N–H and O–H groups in total. The van der Waals surface area contributed by atoms with Crippen molar-refractivity contribution in [3.63, 3.8) is 0 Å². The van der Waals surface area contributed by atoms with Crippen molar-refractivity contribution in [3.8, 4) is 0 Å². The summed E-state index contributed by atoms with van der Waals surface area (Å²) in [6.07, 6.45) is 3.36. The summed E-state index contributed by atoms with van der Waals surface area (Å²) in [6.45, 7) is 0.502. The van der Waals surface area contributed by atoms with Gasteiger partial charge < -0.3 is 9.47 Å². The van der Waals surface area contributed by atoms with Crippen LogP contribution in [0.2, 0.25) is 10.0 Å². The average molecular weight is 406 g/mol. The van der Waals surface area contributed by atoms with Crippen molar-refractivity contribution >= 4 is 47.3 Å². The third-order valence-corrected chi connectivity index (χ3v) is 4.78. The third kappa shape index (κ3) is 4.33. The van der Waals surface area contributed by atoms with Crippen molar-refractivity contribution in [3.05, 3.63) is 74.7 Å². The van der Waals surface area contributed by atoms with Gasteiger partial charge in [0.15, 0.2) is 0 Å². The van der Waals surface area contributed by atoms with Gasteiger partial charge in [0.2, 0.25) is 4.77 Å². The van der Waals surface area contributed by atoms with E-state index in [1.54, 1.807) is 29.2 Å². The molecule has 3 rings (SSSR count). The van der Waals surface area contributed by atoms with E-state index in [2.05, 4.69) is 10.2 Å². The van der Waals surface area contributed by atoms with Crippen molar-refractivity contribution < 1.29 is 0 Å². The second-order valence-electron chi connectivity index (χ2n) is 5.90. The van der Waals surface area contributed by atoms with E-state index in [1.807, 2.05) is 49.3 Å². The SMILES string of the molecule is CN(C)c1ccc(/C=N/n2ncn(Cc3ccc(Cl)cc3Cl)c2=S)cc1. The Morgan fingerprint density at radius 2 is 1.88 bits per heavy atom. The zero-order valence-corrected chi connectivity index (χ0v) is 16.6. The molecule has 0 saturated heterocycles. The zero-order chi connectivity index (χ0) is 18.7. The number of rotatable bonds is 5. The van der Waals surface area contributed by atoms with Gasteiger partial charge in [-0.2, -0.15) is 5.10 Å². The summed E-state index contributed by atoms with van der Waals surface area (Å²) >= 11 is 17.6. The van der Waals surface area contributed by atoms with E-state index < -0.39 is 0 Å². The molecule has 0 aliphatic rings. The molecule has 0 aliphatic carbocycles. The molecule has 5 nitrogen and oxygen atoms in total. The maximum Gasteiger partial charge on any atom is 0.221 e. The van der Waals surface area contributed by atoms with Gasteiger partial charge in [0, 0.05) is 29.8 Å². The highest BCUT2D eigenvalue weighted by Gasteiger charge is 2.05. The van der Waals surface area contributed by atoms with Crippen molar-refractivity contribution in [2.45, 2.75) is 6.54 Å². The highest BCUT2D eigenvalue weighted by atomic mass is 35.5. The molecule has 26 heavy (non-hydrogen) atoms. The van der Waals surface area contributed by atoms with Gasteiger partial charge in [-0.3, -0.25) is 0 Å². The lowest BCUT2D eigenvalue weighted by Gasteiger charge is -2.11. The minimum Gasteiger partial charge on any atom is -0.378 e. The Morgan fingerprint density at radius 1 is 1.15 bits per heavy atom. The van der Waals surface area contributed by atoms with E-state index in [9.17, 15) is 0 Å². The monoisotopic (exact) mass is 405 g/mol. The molecule has 134 valence electrons. The number of halogens is 2. The van der Waals surface area contributed by atoms with Gasteiger partial charge in [0.05, 0.1) is 12.8 Å². The lowest BCUT2D eigenvalue weighted by molar-refractivity contribution is 0.706. The fourth-order valence-corrected chi connectivity index (χ4v) is 3.00. The molecule has 1 aromatic heterocycles. The quantitative estimate of drug-likeness (QED) is 0.455. The summed E-state index contributed by atoms with van der Waals surface area (Å²) < 4.78 is 2.29. The van der Waals surface area contributed by atoms with Crippen LogP contribution in [-0.2, 0) is 6.54 Å². The van der Waals surface area contributed by atoms with Crippen LogP contribution in [0.5, 0.6) is 0 Å². The lowest BCUT2D eigenvalue weighted by Crippen LogP contribution is -2.08. The molecular formula is C18H17Cl2N5S. The number of aromatic nitrogens is 3. The van der Waals surface area contributed by atoms with Gasteiger partial charge in [-0.1, -0.05) is 41.4 Å². The van der Waals surface area contributed by atoms with E-state index >= 15 is 0 Å². The number of hydrogen-bond donors (Lipinski definition) is 0. The molecule has 0 fully saturated rings. The van der Waals surface area contributed by atoms with E-state index in [0.717, 1.165) is 16.8 Å².